The number of sulfonamides is 1. The molecule has 0 aliphatic carbocycles. The van der Waals surface area contributed by atoms with E-state index in [2.05, 4.69) is 9.71 Å². The van der Waals surface area contributed by atoms with Crippen LogP contribution in [0.4, 0.5) is 5.69 Å². The number of benzene rings is 2. The third-order valence-corrected chi connectivity index (χ3v) is 7.27. The van der Waals surface area contributed by atoms with Crippen molar-refractivity contribution < 1.29 is 22.7 Å². The highest BCUT2D eigenvalue weighted by Crippen LogP contribution is 2.31. The van der Waals surface area contributed by atoms with Crippen molar-refractivity contribution in [3.05, 3.63) is 60.2 Å². The topological polar surface area (TPSA) is 105 Å². The minimum atomic E-state index is -3.99. The van der Waals surface area contributed by atoms with E-state index in [-0.39, 0.29) is 34.8 Å². The lowest BCUT2D eigenvalue weighted by atomic mass is 10.2. The summed E-state index contributed by atoms with van der Waals surface area (Å²) in [5.41, 5.74) is 1.70. The van der Waals surface area contributed by atoms with Gasteiger partial charge in [-0.15, -0.1) is 4.40 Å². The van der Waals surface area contributed by atoms with Crippen molar-refractivity contribution in [2.75, 3.05) is 25.6 Å². The normalized spacial score (nSPS) is 17.7. The predicted octanol–water partition coefficient (Wildman–Crippen LogP) is 3.05. The first-order valence-electron chi connectivity index (χ1n) is 10.0. The minimum absolute atomic E-state index is 0.0398. The molecule has 0 spiro atoms. The second kappa shape index (κ2) is 10.8. The van der Waals surface area contributed by atoms with Gasteiger partial charge in [0.2, 0.25) is 11.8 Å². The molecule has 0 radical (unpaired) electrons. The zero-order chi connectivity index (χ0) is 23.1. The average Bonchev–Trinajstić information content (AvgIpc) is 3.04. The summed E-state index contributed by atoms with van der Waals surface area (Å²) < 4.78 is 34.4. The van der Waals surface area contributed by atoms with Crippen LogP contribution in [0.1, 0.15) is 18.4 Å². The van der Waals surface area contributed by atoms with Gasteiger partial charge in [0.05, 0.1) is 4.90 Å². The van der Waals surface area contributed by atoms with Crippen LogP contribution < -0.4 is 5.32 Å². The maximum atomic E-state index is 13.0. The molecule has 1 atom stereocenters. The standard InChI is InChI=1S/C22H25N3O5S2/c1-16-9-11-17(12-10-16)23-20(26)15-19-21(27)25(13-6-14-30-2)22(31-19)24-32(28,29)18-7-4-3-5-8-18/h3-5,7-12,19H,6,13-15H2,1-2H3,(H,23,26)/t19-/m0/s1. The molecule has 8 nitrogen and oxygen atoms in total. The van der Waals surface area contributed by atoms with Crippen LogP contribution >= 0.6 is 11.8 Å². The van der Waals surface area contributed by atoms with Gasteiger partial charge < -0.3 is 10.1 Å². The van der Waals surface area contributed by atoms with Gasteiger partial charge in [-0.3, -0.25) is 14.5 Å². The number of amidine groups is 1. The van der Waals surface area contributed by atoms with E-state index in [0.717, 1.165) is 17.3 Å². The minimum Gasteiger partial charge on any atom is -0.385 e. The van der Waals surface area contributed by atoms with Gasteiger partial charge >= 0.3 is 0 Å². The zero-order valence-electron chi connectivity index (χ0n) is 17.9. The Morgan fingerprint density at radius 1 is 1.16 bits per heavy atom. The molecule has 1 fully saturated rings. The fourth-order valence-electron chi connectivity index (χ4n) is 3.05. The summed E-state index contributed by atoms with van der Waals surface area (Å²) >= 11 is 0.993. The summed E-state index contributed by atoms with van der Waals surface area (Å²) in [5, 5.41) is 2.09. The molecule has 2 aromatic rings. The number of carbonyl (C=O) groups is 2. The molecule has 2 amide bonds. The van der Waals surface area contributed by atoms with Crippen LogP contribution in [0.3, 0.4) is 0 Å². The van der Waals surface area contributed by atoms with E-state index in [9.17, 15) is 18.0 Å². The van der Waals surface area contributed by atoms with Crippen LogP contribution in [0, 0.1) is 6.92 Å². The Labute approximate surface area is 192 Å². The van der Waals surface area contributed by atoms with Crippen LogP contribution in [0.2, 0.25) is 0 Å². The number of thioether (sulfide) groups is 1. The van der Waals surface area contributed by atoms with E-state index >= 15 is 0 Å². The van der Waals surface area contributed by atoms with Crippen molar-refractivity contribution in [2.45, 2.75) is 29.9 Å². The van der Waals surface area contributed by atoms with Gasteiger partial charge in [-0.25, -0.2) is 0 Å². The fourth-order valence-corrected chi connectivity index (χ4v) is 5.45. The van der Waals surface area contributed by atoms with Crippen molar-refractivity contribution in [2.24, 2.45) is 4.40 Å². The number of amides is 2. The Morgan fingerprint density at radius 3 is 2.50 bits per heavy atom. The smallest absolute Gasteiger partial charge is 0.284 e. The van der Waals surface area contributed by atoms with Gasteiger partial charge in [0.25, 0.3) is 10.0 Å². The lowest BCUT2D eigenvalue weighted by molar-refractivity contribution is -0.128. The third kappa shape index (κ3) is 6.18. The quantitative estimate of drug-likeness (QED) is 0.559. The molecule has 1 aliphatic rings. The van der Waals surface area contributed by atoms with Crippen molar-refractivity contribution in [3.63, 3.8) is 0 Å². The SMILES string of the molecule is COCCCN1C(=O)[C@H](CC(=O)Nc2ccc(C)cc2)SC1=NS(=O)(=O)c1ccccc1. The first-order valence-corrected chi connectivity index (χ1v) is 12.4. The molecule has 3 rings (SSSR count). The molecular weight excluding hydrogens is 450 g/mol. The maximum absolute atomic E-state index is 13.0. The third-order valence-electron chi connectivity index (χ3n) is 4.70. The van der Waals surface area contributed by atoms with Crippen LogP contribution in [0.5, 0.6) is 0 Å². The van der Waals surface area contributed by atoms with Crippen LogP contribution in [-0.4, -0.2) is 55.8 Å². The summed E-state index contributed by atoms with van der Waals surface area (Å²) in [4.78, 5) is 26.8. The first-order chi connectivity index (χ1) is 15.3. The molecule has 0 bridgehead atoms. The Kier molecular flexibility index (Phi) is 8.05. The summed E-state index contributed by atoms with van der Waals surface area (Å²) in [6.07, 6.45) is 0.415. The second-order valence-electron chi connectivity index (χ2n) is 7.22. The number of hydrogen-bond donors (Lipinski definition) is 1. The molecule has 0 unspecified atom stereocenters. The molecule has 10 heteroatoms. The number of nitrogens with zero attached hydrogens (tertiary/aromatic N) is 2. The fraction of sp³-hybridized carbons (Fsp3) is 0.318. The highest BCUT2D eigenvalue weighted by Gasteiger charge is 2.40. The number of nitrogens with one attached hydrogen (secondary N) is 1. The summed E-state index contributed by atoms with van der Waals surface area (Å²) in [6, 6.07) is 15.1. The highest BCUT2D eigenvalue weighted by molar-refractivity contribution is 8.16. The number of anilines is 1. The van der Waals surface area contributed by atoms with E-state index in [0.29, 0.717) is 18.7 Å². The molecule has 0 aromatic heterocycles. The Bertz CT molecular complexity index is 1090. The monoisotopic (exact) mass is 475 g/mol. The van der Waals surface area contributed by atoms with E-state index < -0.39 is 15.3 Å². The molecule has 0 saturated carbocycles. The van der Waals surface area contributed by atoms with Gasteiger partial charge in [-0.1, -0.05) is 47.7 Å². The Hall–Kier alpha value is -2.69. The largest absolute Gasteiger partial charge is 0.385 e. The van der Waals surface area contributed by atoms with Crippen molar-refractivity contribution in [3.8, 4) is 0 Å². The number of methoxy groups -OCH3 is 1. The van der Waals surface area contributed by atoms with Crippen molar-refractivity contribution in [1.82, 2.24) is 4.90 Å². The molecule has 1 N–H and O–H groups in total. The van der Waals surface area contributed by atoms with Crippen LogP contribution in [-0.2, 0) is 24.3 Å². The second-order valence-corrected chi connectivity index (χ2v) is 10.00. The molecule has 1 heterocycles. The van der Waals surface area contributed by atoms with Gasteiger partial charge in [0, 0.05) is 32.4 Å². The van der Waals surface area contributed by atoms with E-state index in [4.69, 9.17) is 4.74 Å². The lowest BCUT2D eigenvalue weighted by Gasteiger charge is -2.16. The molecular formula is C22H25N3O5S2. The number of carbonyl (C=O) groups excluding carboxylic acids is 2. The van der Waals surface area contributed by atoms with Gasteiger partial charge in [-0.2, -0.15) is 8.42 Å². The van der Waals surface area contributed by atoms with Crippen molar-refractivity contribution >= 4 is 44.5 Å². The predicted molar refractivity (Wildman–Crippen MR) is 125 cm³/mol. The maximum Gasteiger partial charge on any atom is 0.284 e. The summed E-state index contributed by atoms with van der Waals surface area (Å²) in [6.45, 7) is 2.60. The van der Waals surface area contributed by atoms with Crippen molar-refractivity contribution in [1.29, 1.82) is 0 Å². The van der Waals surface area contributed by atoms with Gasteiger partial charge in [-0.05, 0) is 37.6 Å². The van der Waals surface area contributed by atoms with E-state index in [1.165, 1.54) is 17.0 Å². The number of rotatable bonds is 9. The zero-order valence-corrected chi connectivity index (χ0v) is 19.5. The first kappa shape index (κ1) is 24.0. The Balaban J connectivity index is 1.77. The number of aryl methyl sites for hydroxylation is 1. The highest BCUT2D eigenvalue weighted by atomic mass is 32.2. The van der Waals surface area contributed by atoms with Gasteiger partial charge in [0.1, 0.15) is 5.25 Å². The molecule has 1 aliphatic heterocycles. The summed E-state index contributed by atoms with van der Waals surface area (Å²) in [5.74, 6) is -0.670. The molecule has 170 valence electrons. The molecule has 1 saturated heterocycles. The van der Waals surface area contributed by atoms with E-state index in [1.807, 2.05) is 19.1 Å². The van der Waals surface area contributed by atoms with Crippen LogP contribution in [0.15, 0.2) is 63.9 Å². The van der Waals surface area contributed by atoms with Crippen LogP contribution in [0.25, 0.3) is 0 Å². The molecule has 2 aromatic carbocycles. The average molecular weight is 476 g/mol. The lowest BCUT2D eigenvalue weighted by Crippen LogP contribution is -2.35. The molecule has 32 heavy (non-hydrogen) atoms. The summed E-state index contributed by atoms with van der Waals surface area (Å²) in [7, 11) is -2.44. The van der Waals surface area contributed by atoms with Gasteiger partial charge in [0.15, 0.2) is 5.17 Å². The number of hydrogen-bond acceptors (Lipinski definition) is 6. The number of ether oxygens (including phenoxy) is 1. The van der Waals surface area contributed by atoms with E-state index in [1.54, 1.807) is 37.4 Å². The Morgan fingerprint density at radius 2 is 1.84 bits per heavy atom.